The van der Waals surface area contributed by atoms with Crippen LogP contribution in [0.1, 0.15) is 23.0 Å². The number of nitrogens with zero attached hydrogens (tertiary/aromatic N) is 3. The fourth-order valence-corrected chi connectivity index (χ4v) is 3.39. The second kappa shape index (κ2) is 7.07. The number of hydrogen-bond acceptors (Lipinski definition) is 5. The molecule has 1 unspecified atom stereocenters. The van der Waals surface area contributed by atoms with Gasteiger partial charge in [0.15, 0.2) is 0 Å². The predicted molar refractivity (Wildman–Crippen MR) is 105 cm³/mol. The Bertz CT molecular complexity index is 989. The number of carbonyl (C=O) groups excluding carboxylic acids is 1. The molecule has 1 amide bonds. The van der Waals surface area contributed by atoms with Crippen LogP contribution in [0.4, 0.5) is 17.2 Å². The Morgan fingerprint density at radius 3 is 2.85 bits per heavy atom. The summed E-state index contributed by atoms with van der Waals surface area (Å²) >= 11 is 0. The van der Waals surface area contributed by atoms with E-state index in [0.717, 1.165) is 23.5 Å². The minimum atomic E-state index is -0.122. The molecule has 0 fully saturated rings. The van der Waals surface area contributed by atoms with E-state index in [0.29, 0.717) is 11.5 Å². The van der Waals surface area contributed by atoms with Crippen LogP contribution in [-0.2, 0) is 6.42 Å². The molecular weight excluding hydrogens is 340 g/mol. The highest BCUT2D eigenvalue weighted by molar-refractivity contribution is 6.06. The van der Waals surface area contributed by atoms with E-state index in [1.54, 1.807) is 13.2 Å². The summed E-state index contributed by atoms with van der Waals surface area (Å²) < 4.78 is 5.23. The topological polar surface area (TPSA) is 67.3 Å². The molecule has 2 heterocycles. The maximum atomic E-state index is 13.1. The quantitative estimate of drug-likeness (QED) is 0.766. The lowest BCUT2D eigenvalue weighted by atomic mass is 10.1. The largest absolute Gasteiger partial charge is 0.497 e. The Morgan fingerprint density at radius 2 is 2.00 bits per heavy atom. The van der Waals surface area contributed by atoms with E-state index in [1.807, 2.05) is 47.4 Å². The monoisotopic (exact) mass is 360 g/mol. The van der Waals surface area contributed by atoms with Gasteiger partial charge in [0.2, 0.25) is 0 Å². The number of ether oxygens (including phenoxy) is 1. The fraction of sp³-hybridized carbons (Fsp3) is 0.190. The Balaban J connectivity index is 1.60. The van der Waals surface area contributed by atoms with Crippen LogP contribution in [0.3, 0.4) is 0 Å². The molecule has 0 aliphatic carbocycles. The number of anilines is 3. The van der Waals surface area contributed by atoms with Crippen molar-refractivity contribution in [3.63, 3.8) is 0 Å². The molecule has 0 saturated heterocycles. The van der Waals surface area contributed by atoms with Crippen molar-refractivity contribution in [3.8, 4) is 5.75 Å². The van der Waals surface area contributed by atoms with Crippen LogP contribution in [0.2, 0.25) is 0 Å². The number of methoxy groups -OCH3 is 1. The zero-order chi connectivity index (χ0) is 18.8. The van der Waals surface area contributed by atoms with Gasteiger partial charge in [-0.2, -0.15) is 0 Å². The van der Waals surface area contributed by atoms with Crippen molar-refractivity contribution in [1.82, 2.24) is 9.97 Å². The number of nitrogens with one attached hydrogen (secondary N) is 1. The van der Waals surface area contributed by atoms with E-state index < -0.39 is 0 Å². The van der Waals surface area contributed by atoms with E-state index in [4.69, 9.17) is 4.74 Å². The number of carbonyl (C=O) groups is 1. The van der Waals surface area contributed by atoms with Crippen LogP contribution in [0, 0.1) is 0 Å². The summed E-state index contributed by atoms with van der Waals surface area (Å²) in [5.74, 6) is 1.18. The van der Waals surface area contributed by atoms with Gasteiger partial charge in [-0.15, -0.1) is 0 Å². The number of benzene rings is 2. The number of fused-ring (bicyclic) bond motifs is 1. The Hall–Kier alpha value is -3.41. The molecule has 3 aromatic rings. The molecule has 1 aliphatic rings. The highest BCUT2D eigenvalue weighted by Crippen LogP contribution is 2.33. The summed E-state index contributed by atoms with van der Waals surface area (Å²) in [6, 6.07) is 17.3. The first kappa shape index (κ1) is 17.0. The summed E-state index contributed by atoms with van der Waals surface area (Å²) in [7, 11) is 1.62. The Morgan fingerprint density at radius 1 is 1.15 bits per heavy atom. The van der Waals surface area contributed by atoms with E-state index in [9.17, 15) is 4.79 Å². The van der Waals surface area contributed by atoms with Crippen molar-refractivity contribution < 1.29 is 9.53 Å². The lowest BCUT2D eigenvalue weighted by Crippen LogP contribution is -2.36. The molecule has 1 aromatic heterocycles. The highest BCUT2D eigenvalue weighted by atomic mass is 16.5. The van der Waals surface area contributed by atoms with Crippen molar-refractivity contribution in [2.24, 2.45) is 0 Å². The summed E-state index contributed by atoms with van der Waals surface area (Å²) in [5, 5.41) is 3.19. The van der Waals surface area contributed by atoms with Crippen LogP contribution in [0.5, 0.6) is 5.75 Å². The average molecular weight is 360 g/mol. The number of hydrogen-bond donors (Lipinski definition) is 1. The molecule has 1 aliphatic heterocycles. The molecule has 0 saturated carbocycles. The molecule has 0 bridgehead atoms. The first-order valence-corrected chi connectivity index (χ1v) is 8.80. The highest BCUT2D eigenvalue weighted by Gasteiger charge is 2.31. The zero-order valence-electron chi connectivity index (χ0n) is 15.2. The lowest BCUT2D eigenvalue weighted by molar-refractivity contribution is 0.0976. The third kappa shape index (κ3) is 3.33. The molecule has 4 rings (SSSR count). The smallest absolute Gasteiger partial charge is 0.277 e. The summed E-state index contributed by atoms with van der Waals surface area (Å²) in [6.07, 6.45) is 2.25. The minimum Gasteiger partial charge on any atom is -0.497 e. The van der Waals surface area contributed by atoms with Crippen molar-refractivity contribution in [2.45, 2.75) is 19.4 Å². The SMILES string of the molecule is COc1cccc(Nc2cc(C(=O)N3c4ccccc4CC3C)ncn2)c1. The van der Waals surface area contributed by atoms with Crippen LogP contribution in [-0.4, -0.2) is 29.0 Å². The normalized spacial score (nSPS) is 15.3. The fourth-order valence-electron chi connectivity index (χ4n) is 3.39. The Labute approximate surface area is 157 Å². The van der Waals surface area contributed by atoms with Crippen molar-refractivity contribution >= 4 is 23.1 Å². The molecular formula is C21H20N4O2. The summed E-state index contributed by atoms with van der Waals surface area (Å²) in [6.45, 7) is 2.05. The van der Waals surface area contributed by atoms with Gasteiger partial charge < -0.3 is 15.0 Å². The van der Waals surface area contributed by atoms with Gasteiger partial charge in [-0.25, -0.2) is 9.97 Å². The van der Waals surface area contributed by atoms with E-state index in [-0.39, 0.29) is 11.9 Å². The molecule has 0 radical (unpaired) electrons. The average Bonchev–Trinajstić information content (AvgIpc) is 3.03. The van der Waals surface area contributed by atoms with Gasteiger partial charge in [0.25, 0.3) is 5.91 Å². The van der Waals surface area contributed by atoms with E-state index in [2.05, 4.69) is 28.3 Å². The van der Waals surface area contributed by atoms with Gasteiger partial charge in [0.05, 0.1) is 7.11 Å². The van der Waals surface area contributed by atoms with Crippen LogP contribution < -0.4 is 15.0 Å². The maximum absolute atomic E-state index is 13.1. The first-order chi connectivity index (χ1) is 13.2. The standard InChI is InChI=1S/C21H20N4O2/c1-14-10-15-6-3-4-9-19(15)25(14)21(26)18-12-20(23-13-22-18)24-16-7-5-8-17(11-16)27-2/h3-9,11-14H,10H2,1-2H3,(H,22,23,24). The number of aromatic nitrogens is 2. The predicted octanol–water partition coefficient (Wildman–Crippen LogP) is 3.82. The molecule has 1 N–H and O–H groups in total. The molecule has 136 valence electrons. The third-order valence-electron chi connectivity index (χ3n) is 4.65. The van der Waals surface area contributed by atoms with Gasteiger partial charge in [-0.3, -0.25) is 4.79 Å². The second-order valence-corrected chi connectivity index (χ2v) is 6.50. The third-order valence-corrected chi connectivity index (χ3v) is 4.65. The van der Waals surface area contributed by atoms with Crippen molar-refractivity contribution in [1.29, 1.82) is 0 Å². The number of amides is 1. The van der Waals surface area contributed by atoms with Gasteiger partial charge >= 0.3 is 0 Å². The molecule has 1 atom stereocenters. The van der Waals surface area contributed by atoms with Gasteiger partial charge in [-0.05, 0) is 37.1 Å². The van der Waals surface area contributed by atoms with Crippen LogP contribution in [0.15, 0.2) is 60.9 Å². The number of rotatable bonds is 4. The van der Waals surface area contributed by atoms with Crippen molar-refractivity contribution in [3.05, 3.63) is 72.2 Å². The summed E-state index contributed by atoms with van der Waals surface area (Å²) in [5.41, 5.74) is 3.32. The first-order valence-electron chi connectivity index (χ1n) is 8.80. The van der Waals surface area contributed by atoms with Crippen molar-refractivity contribution in [2.75, 3.05) is 17.3 Å². The lowest BCUT2D eigenvalue weighted by Gasteiger charge is -2.22. The van der Waals surface area contributed by atoms with Gasteiger partial charge in [0.1, 0.15) is 23.6 Å². The molecule has 27 heavy (non-hydrogen) atoms. The van der Waals surface area contributed by atoms with E-state index >= 15 is 0 Å². The Kier molecular flexibility index (Phi) is 4.46. The van der Waals surface area contributed by atoms with E-state index in [1.165, 1.54) is 11.9 Å². The van der Waals surface area contributed by atoms with Gasteiger partial charge in [-0.1, -0.05) is 24.3 Å². The molecule has 6 heteroatoms. The van der Waals surface area contributed by atoms with Crippen LogP contribution in [0.25, 0.3) is 0 Å². The molecule has 6 nitrogen and oxygen atoms in total. The zero-order valence-corrected chi connectivity index (χ0v) is 15.2. The maximum Gasteiger partial charge on any atom is 0.277 e. The minimum absolute atomic E-state index is 0.0969. The van der Waals surface area contributed by atoms with Gasteiger partial charge in [0, 0.05) is 29.5 Å². The molecule has 2 aromatic carbocycles. The summed E-state index contributed by atoms with van der Waals surface area (Å²) in [4.78, 5) is 23.4. The number of para-hydroxylation sites is 1. The second-order valence-electron chi connectivity index (χ2n) is 6.50. The van der Waals surface area contributed by atoms with Crippen LogP contribution >= 0.6 is 0 Å². The molecule has 0 spiro atoms.